The van der Waals surface area contributed by atoms with Crippen LogP contribution in [0.15, 0.2) is 47.6 Å². The van der Waals surface area contributed by atoms with Crippen molar-refractivity contribution in [2.45, 2.75) is 42.6 Å². The van der Waals surface area contributed by atoms with Crippen molar-refractivity contribution in [2.24, 2.45) is 5.92 Å². The average Bonchev–Trinajstić information content (AvgIpc) is 2.85. The zero-order chi connectivity index (χ0) is 22.7. The Hall–Kier alpha value is -2.36. The molecule has 1 aromatic carbocycles. The Bertz CT molecular complexity index is 1050. The van der Waals surface area contributed by atoms with Crippen molar-refractivity contribution in [3.05, 3.63) is 42.7 Å². The van der Waals surface area contributed by atoms with E-state index in [9.17, 15) is 8.42 Å². The van der Waals surface area contributed by atoms with Crippen LogP contribution >= 0.6 is 0 Å². The molecule has 2 saturated heterocycles. The first-order valence-corrected chi connectivity index (χ1v) is 13.0. The minimum absolute atomic E-state index is 0.238. The summed E-state index contributed by atoms with van der Waals surface area (Å²) < 4.78 is 51.2. The minimum Gasteiger partial charge on any atom is -0.493 e. The molecule has 33 heavy (non-hydrogen) atoms. The molecule has 1 unspecified atom stereocenters. The zero-order valence-electron chi connectivity index (χ0n) is 18.6. The van der Waals surface area contributed by atoms with Crippen molar-refractivity contribution in [1.82, 2.24) is 9.29 Å². The summed E-state index contributed by atoms with van der Waals surface area (Å²) in [4.78, 5) is 4.26. The molecule has 0 N–H and O–H groups in total. The van der Waals surface area contributed by atoms with Crippen LogP contribution in [0.3, 0.4) is 0 Å². The second kappa shape index (κ2) is 9.48. The molecule has 0 bridgehead atoms. The third kappa shape index (κ3) is 4.95. The molecule has 0 amide bonds. The van der Waals surface area contributed by atoms with E-state index in [1.54, 1.807) is 34.9 Å². The molecule has 178 valence electrons. The molecule has 1 atom stereocenters. The summed E-state index contributed by atoms with van der Waals surface area (Å²) in [6.07, 6.45) is 7.80. The minimum atomic E-state index is -3.59. The highest BCUT2D eigenvalue weighted by atomic mass is 32.2. The number of benzene rings is 1. The van der Waals surface area contributed by atoms with E-state index in [2.05, 4.69) is 4.98 Å². The lowest BCUT2D eigenvalue weighted by Gasteiger charge is -2.46. The van der Waals surface area contributed by atoms with E-state index in [0.717, 1.165) is 31.6 Å². The first-order valence-electron chi connectivity index (χ1n) is 11.6. The Labute approximate surface area is 194 Å². The summed E-state index contributed by atoms with van der Waals surface area (Å²) in [6, 6.07) is 8.58. The number of piperidine rings is 1. The third-order valence-electron chi connectivity index (χ3n) is 6.82. The summed E-state index contributed by atoms with van der Waals surface area (Å²) >= 11 is 0. The van der Waals surface area contributed by atoms with E-state index >= 15 is 0 Å². The van der Waals surface area contributed by atoms with Gasteiger partial charge in [-0.05, 0) is 62.3 Å². The number of hydrogen-bond acceptors (Lipinski definition) is 7. The van der Waals surface area contributed by atoms with E-state index < -0.39 is 10.0 Å². The lowest BCUT2D eigenvalue weighted by Crippen LogP contribution is -2.50. The van der Waals surface area contributed by atoms with Crippen LogP contribution in [0, 0.1) is 5.92 Å². The molecule has 9 heteroatoms. The number of rotatable bonds is 6. The van der Waals surface area contributed by atoms with E-state index in [-0.39, 0.29) is 10.5 Å². The van der Waals surface area contributed by atoms with Crippen LogP contribution in [0.5, 0.6) is 17.2 Å². The van der Waals surface area contributed by atoms with Gasteiger partial charge in [0, 0.05) is 38.2 Å². The summed E-state index contributed by atoms with van der Waals surface area (Å²) in [7, 11) is -3.59. The average molecular weight is 475 g/mol. The van der Waals surface area contributed by atoms with E-state index in [4.69, 9.17) is 18.9 Å². The molecular formula is C24H30N2O6S. The monoisotopic (exact) mass is 474 g/mol. The number of hydrogen-bond donors (Lipinski definition) is 0. The fraction of sp³-hybridized carbons (Fsp3) is 0.542. The SMILES string of the molecule is O=S(=O)(c1ccc2c(c1)OCCO2)N1CCC2(CC1)CC(CCOc1ccncc1)CCO2. The molecule has 3 aliphatic rings. The Balaban J connectivity index is 1.17. The number of pyridine rings is 1. The van der Waals surface area contributed by atoms with Crippen molar-refractivity contribution in [3.8, 4) is 17.2 Å². The summed E-state index contributed by atoms with van der Waals surface area (Å²) in [5.74, 6) is 2.43. The predicted octanol–water partition coefficient (Wildman–Crippen LogP) is 3.27. The molecule has 5 rings (SSSR count). The predicted molar refractivity (Wildman–Crippen MR) is 121 cm³/mol. The lowest BCUT2D eigenvalue weighted by atomic mass is 9.79. The van der Waals surface area contributed by atoms with Gasteiger partial charge in [0.05, 0.1) is 17.1 Å². The number of ether oxygens (including phenoxy) is 4. The molecule has 1 aromatic heterocycles. The molecule has 0 aliphatic carbocycles. The number of aromatic nitrogens is 1. The highest BCUT2D eigenvalue weighted by molar-refractivity contribution is 7.89. The normalized spacial score (nSPS) is 22.7. The van der Waals surface area contributed by atoms with Gasteiger partial charge in [0.1, 0.15) is 19.0 Å². The topological polar surface area (TPSA) is 87.2 Å². The van der Waals surface area contributed by atoms with Gasteiger partial charge in [-0.1, -0.05) is 0 Å². The maximum Gasteiger partial charge on any atom is 0.243 e. The fourth-order valence-corrected chi connectivity index (χ4v) is 6.43. The Kier molecular flexibility index (Phi) is 6.44. The van der Waals surface area contributed by atoms with Gasteiger partial charge in [0.25, 0.3) is 0 Å². The Morgan fingerprint density at radius 2 is 1.79 bits per heavy atom. The summed E-state index contributed by atoms with van der Waals surface area (Å²) in [5, 5.41) is 0. The highest BCUT2D eigenvalue weighted by Gasteiger charge is 2.42. The van der Waals surface area contributed by atoms with Crippen molar-refractivity contribution in [2.75, 3.05) is 39.5 Å². The third-order valence-corrected chi connectivity index (χ3v) is 8.72. The fourth-order valence-electron chi connectivity index (χ4n) is 4.97. The maximum absolute atomic E-state index is 13.3. The maximum atomic E-state index is 13.3. The van der Waals surface area contributed by atoms with Crippen LogP contribution < -0.4 is 14.2 Å². The van der Waals surface area contributed by atoms with E-state index in [1.165, 1.54) is 0 Å². The van der Waals surface area contributed by atoms with Crippen molar-refractivity contribution in [3.63, 3.8) is 0 Å². The highest BCUT2D eigenvalue weighted by Crippen LogP contribution is 2.40. The van der Waals surface area contributed by atoms with Crippen molar-refractivity contribution >= 4 is 10.0 Å². The molecule has 1 spiro atoms. The van der Waals surface area contributed by atoms with Gasteiger partial charge in [-0.2, -0.15) is 4.31 Å². The summed E-state index contributed by atoms with van der Waals surface area (Å²) in [5.41, 5.74) is -0.238. The quantitative estimate of drug-likeness (QED) is 0.635. The first kappa shape index (κ1) is 22.4. The van der Waals surface area contributed by atoms with Crippen molar-refractivity contribution in [1.29, 1.82) is 0 Å². The molecule has 0 radical (unpaired) electrons. The van der Waals surface area contributed by atoms with Crippen LogP contribution in [-0.2, 0) is 14.8 Å². The van der Waals surface area contributed by atoms with Gasteiger partial charge < -0.3 is 18.9 Å². The van der Waals surface area contributed by atoms with Gasteiger partial charge >= 0.3 is 0 Å². The lowest BCUT2D eigenvalue weighted by molar-refractivity contribution is -0.122. The Morgan fingerprint density at radius 3 is 2.58 bits per heavy atom. The van der Waals surface area contributed by atoms with Crippen LogP contribution in [0.4, 0.5) is 0 Å². The Morgan fingerprint density at radius 1 is 1.03 bits per heavy atom. The van der Waals surface area contributed by atoms with E-state index in [0.29, 0.717) is 63.2 Å². The van der Waals surface area contributed by atoms with Gasteiger partial charge in [0.2, 0.25) is 10.0 Å². The molecule has 2 aromatic rings. The standard InChI is InChI=1S/C24H30N2O6S/c27-33(28,21-1-2-22-23(17-21)31-16-15-30-22)26-11-7-24(8-12-26)18-19(6-14-32-24)5-13-29-20-3-9-25-10-4-20/h1-4,9-10,17,19H,5-8,11-16,18H2. The van der Waals surface area contributed by atoms with Gasteiger partial charge in [-0.25, -0.2) is 8.42 Å². The summed E-state index contributed by atoms with van der Waals surface area (Å²) in [6.45, 7) is 3.19. The molecule has 0 saturated carbocycles. The number of fused-ring (bicyclic) bond motifs is 1. The van der Waals surface area contributed by atoms with E-state index in [1.807, 2.05) is 12.1 Å². The van der Waals surface area contributed by atoms with Crippen LogP contribution in [-0.4, -0.2) is 62.8 Å². The molecule has 8 nitrogen and oxygen atoms in total. The number of nitrogens with zero attached hydrogens (tertiary/aromatic N) is 2. The second-order valence-corrected chi connectivity index (χ2v) is 10.9. The van der Waals surface area contributed by atoms with Crippen LogP contribution in [0.2, 0.25) is 0 Å². The van der Waals surface area contributed by atoms with Crippen molar-refractivity contribution < 1.29 is 27.4 Å². The molecular weight excluding hydrogens is 444 g/mol. The smallest absolute Gasteiger partial charge is 0.243 e. The second-order valence-electron chi connectivity index (χ2n) is 8.92. The van der Waals surface area contributed by atoms with Gasteiger partial charge in [0.15, 0.2) is 11.5 Å². The molecule has 4 heterocycles. The molecule has 2 fully saturated rings. The molecule has 3 aliphatic heterocycles. The zero-order valence-corrected chi connectivity index (χ0v) is 19.5. The van der Waals surface area contributed by atoms with Gasteiger partial charge in [-0.3, -0.25) is 4.98 Å². The first-order chi connectivity index (χ1) is 16.0. The van der Waals surface area contributed by atoms with Gasteiger partial charge in [-0.15, -0.1) is 0 Å². The van der Waals surface area contributed by atoms with Crippen LogP contribution in [0.25, 0.3) is 0 Å². The largest absolute Gasteiger partial charge is 0.493 e. The number of sulfonamides is 1. The van der Waals surface area contributed by atoms with Crippen LogP contribution in [0.1, 0.15) is 32.1 Å².